The van der Waals surface area contributed by atoms with Crippen molar-refractivity contribution in [1.29, 1.82) is 0 Å². The third-order valence-electron chi connectivity index (χ3n) is 6.41. The number of nitrogens with zero attached hydrogens (tertiary/aromatic N) is 5. The van der Waals surface area contributed by atoms with E-state index < -0.39 is 48.1 Å². The van der Waals surface area contributed by atoms with Gasteiger partial charge in [0.25, 0.3) is 5.56 Å². The van der Waals surface area contributed by atoms with Crippen molar-refractivity contribution in [3.63, 3.8) is 0 Å². The maximum Gasteiger partial charge on any atom is 0.258 e. The van der Waals surface area contributed by atoms with E-state index in [1.165, 1.54) is 6.20 Å². The van der Waals surface area contributed by atoms with Crippen molar-refractivity contribution in [2.24, 2.45) is 0 Å². The van der Waals surface area contributed by atoms with Gasteiger partial charge in [-0.3, -0.25) is 4.79 Å². The van der Waals surface area contributed by atoms with Crippen LogP contribution < -0.4 is 15.8 Å². The lowest BCUT2D eigenvalue weighted by atomic mass is 9.96. The highest BCUT2D eigenvalue weighted by Gasteiger charge is 2.43. The molecule has 8 nitrogen and oxygen atoms in total. The van der Waals surface area contributed by atoms with Gasteiger partial charge in [0.2, 0.25) is 0 Å². The van der Waals surface area contributed by atoms with Crippen LogP contribution in [0.4, 0.5) is 14.6 Å². The molecule has 2 unspecified atom stereocenters. The summed E-state index contributed by atoms with van der Waals surface area (Å²) in [7, 11) is 1.71. The van der Waals surface area contributed by atoms with Gasteiger partial charge in [0.15, 0.2) is 11.6 Å². The van der Waals surface area contributed by atoms with Crippen LogP contribution in [0.2, 0.25) is 0 Å². The number of hydrogen-bond donors (Lipinski definition) is 2. The Kier molecular flexibility index (Phi) is 3.79. The first-order valence-electron chi connectivity index (χ1n) is 12.7. The second kappa shape index (κ2) is 7.77. The molecule has 2 aromatic heterocycles. The lowest BCUT2D eigenvalue weighted by Crippen LogP contribution is -2.55. The number of aromatic nitrogens is 4. The normalized spacial score (nSPS) is 27.9. The van der Waals surface area contributed by atoms with Crippen LogP contribution in [0.15, 0.2) is 29.3 Å². The molecule has 0 saturated carbocycles. The Balaban J connectivity index is 1.49. The molecule has 10 heteroatoms. The van der Waals surface area contributed by atoms with Gasteiger partial charge < -0.3 is 19.9 Å². The van der Waals surface area contributed by atoms with Crippen molar-refractivity contribution in [3.8, 4) is 17.1 Å². The highest BCUT2D eigenvalue weighted by Crippen LogP contribution is 2.34. The van der Waals surface area contributed by atoms with Crippen LogP contribution in [0, 0.1) is 5.82 Å². The molecule has 168 valence electrons. The van der Waals surface area contributed by atoms with Gasteiger partial charge >= 0.3 is 0 Å². The van der Waals surface area contributed by atoms with Crippen molar-refractivity contribution in [1.82, 2.24) is 25.1 Å². The van der Waals surface area contributed by atoms with Gasteiger partial charge in [-0.05, 0) is 38.2 Å². The molecular formula is C22H24F2N6O2. The number of halogens is 2. The van der Waals surface area contributed by atoms with Crippen molar-refractivity contribution < 1.29 is 20.7 Å². The van der Waals surface area contributed by atoms with E-state index in [1.54, 1.807) is 11.9 Å². The molecule has 2 N–H and O–H groups in total. The Morgan fingerprint density at radius 2 is 2.22 bits per heavy atom. The average molecular weight is 448 g/mol. The topological polar surface area (TPSA) is 96.2 Å². The number of pyridine rings is 1. The molecule has 32 heavy (non-hydrogen) atoms. The molecule has 2 aliphatic heterocycles. The van der Waals surface area contributed by atoms with Gasteiger partial charge in [0, 0.05) is 44.1 Å². The SMILES string of the molecule is [2H]C([2H])([2H])C([2H])([2H])n1cc(F)c2cc(-c3ncc(N(C)[C@H]4CC5CCC(N5)[C@H]4F)nn3)c(O)cc2c1=O. The van der Waals surface area contributed by atoms with Gasteiger partial charge in [0.05, 0.1) is 23.2 Å². The summed E-state index contributed by atoms with van der Waals surface area (Å²) in [5.41, 5.74) is -1.18. The number of rotatable bonds is 4. The quantitative estimate of drug-likeness (QED) is 0.634. The van der Waals surface area contributed by atoms with E-state index in [0.29, 0.717) is 18.4 Å². The van der Waals surface area contributed by atoms with Crippen LogP contribution in [0.3, 0.4) is 0 Å². The first kappa shape index (κ1) is 15.6. The third kappa shape index (κ3) is 3.29. The predicted octanol–water partition coefficient (Wildman–Crippen LogP) is 2.39. The van der Waals surface area contributed by atoms with Crippen molar-refractivity contribution in [2.45, 2.75) is 56.9 Å². The number of alkyl halides is 1. The van der Waals surface area contributed by atoms with Crippen LogP contribution >= 0.6 is 0 Å². The fourth-order valence-electron chi connectivity index (χ4n) is 4.67. The van der Waals surface area contributed by atoms with E-state index in [4.69, 9.17) is 6.85 Å². The van der Waals surface area contributed by atoms with Crippen molar-refractivity contribution >= 4 is 16.6 Å². The minimum Gasteiger partial charge on any atom is -0.507 e. The molecule has 2 bridgehead atoms. The van der Waals surface area contributed by atoms with E-state index in [9.17, 15) is 18.7 Å². The predicted molar refractivity (Wildman–Crippen MR) is 116 cm³/mol. The monoisotopic (exact) mass is 447 g/mol. The molecule has 0 amide bonds. The summed E-state index contributed by atoms with van der Waals surface area (Å²) >= 11 is 0. The van der Waals surface area contributed by atoms with Gasteiger partial charge in [-0.25, -0.2) is 13.8 Å². The van der Waals surface area contributed by atoms with E-state index >= 15 is 0 Å². The van der Waals surface area contributed by atoms with Gasteiger partial charge in [-0.15, -0.1) is 10.2 Å². The largest absolute Gasteiger partial charge is 0.507 e. The lowest BCUT2D eigenvalue weighted by molar-refractivity contribution is 0.176. The van der Waals surface area contributed by atoms with Crippen LogP contribution in [0.25, 0.3) is 22.2 Å². The summed E-state index contributed by atoms with van der Waals surface area (Å²) < 4.78 is 67.7. The van der Waals surface area contributed by atoms with E-state index in [-0.39, 0.29) is 33.4 Å². The molecule has 3 aromatic rings. The molecular weight excluding hydrogens is 418 g/mol. The second-order valence-corrected chi connectivity index (χ2v) is 8.22. The molecule has 0 aliphatic carbocycles. The molecule has 2 fully saturated rings. The number of nitrogens with one attached hydrogen (secondary N) is 1. The Bertz CT molecular complexity index is 1420. The maximum absolute atomic E-state index is 15.0. The first-order chi connectivity index (χ1) is 17.3. The van der Waals surface area contributed by atoms with E-state index in [2.05, 4.69) is 20.5 Å². The van der Waals surface area contributed by atoms with Crippen molar-refractivity contribution in [2.75, 3.05) is 11.9 Å². The van der Waals surface area contributed by atoms with Crippen LogP contribution in [0.1, 0.15) is 33.0 Å². The number of aromatic hydroxyl groups is 1. The van der Waals surface area contributed by atoms with Gasteiger partial charge in [0.1, 0.15) is 17.7 Å². The number of piperidine rings is 1. The second-order valence-electron chi connectivity index (χ2n) is 8.22. The highest BCUT2D eigenvalue weighted by atomic mass is 19.1. The minimum absolute atomic E-state index is 0.0487. The number of fused-ring (bicyclic) bond motifs is 3. The number of phenolic OH excluding ortho intramolecular Hbond substituents is 1. The summed E-state index contributed by atoms with van der Waals surface area (Å²) in [6.45, 7) is -6.43. The molecule has 0 spiro atoms. The number of phenols is 1. The Morgan fingerprint density at radius 3 is 2.97 bits per heavy atom. The fraction of sp³-hybridized carbons (Fsp3) is 0.455. The van der Waals surface area contributed by atoms with Gasteiger partial charge in [-0.2, -0.15) is 0 Å². The minimum atomic E-state index is -3.25. The van der Waals surface area contributed by atoms with E-state index in [1.807, 2.05) is 0 Å². The Morgan fingerprint density at radius 1 is 1.38 bits per heavy atom. The zero-order chi connectivity index (χ0) is 26.9. The van der Waals surface area contributed by atoms with Gasteiger partial charge in [-0.1, -0.05) is 0 Å². The molecule has 4 atom stereocenters. The molecule has 5 rings (SSSR count). The van der Waals surface area contributed by atoms with E-state index in [0.717, 1.165) is 25.0 Å². The third-order valence-corrected chi connectivity index (χ3v) is 6.41. The Hall–Kier alpha value is -3.14. The fourth-order valence-corrected chi connectivity index (χ4v) is 4.67. The summed E-state index contributed by atoms with van der Waals surface area (Å²) in [5.74, 6) is -1.36. The first-order valence-corrected chi connectivity index (χ1v) is 10.2. The summed E-state index contributed by atoms with van der Waals surface area (Å²) in [4.78, 5) is 18.7. The molecule has 2 saturated heterocycles. The maximum atomic E-state index is 15.0. The zero-order valence-electron chi connectivity index (χ0n) is 22.1. The van der Waals surface area contributed by atoms with Crippen molar-refractivity contribution in [3.05, 3.63) is 40.7 Å². The van der Waals surface area contributed by atoms with Crippen LogP contribution in [0.5, 0.6) is 5.75 Å². The number of anilines is 1. The molecule has 4 heterocycles. The molecule has 0 radical (unpaired) electrons. The number of benzene rings is 1. The smallest absolute Gasteiger partial charge is 0.258 e. The highest BCUT2D eigenvalue weighted by molar-refractivity contribution is 5.89. The Labute approximate surface area is 189 Å². The number of hydrogen-bond acceptors (Lipinski definition) is 7. The average Bonchev–Trinajstić information content (AvgIpc) is 3.25. The summed E-state index contributed by atoms with van der Waals surface area (Å²) in [5, 5.41) is 21.2. The summed E-state index contributed by atoms with van der Waals surface area (Å²) in [6, 6.07) is 1.66. The molecule has 1 aromatic carbocycles. The number of aryl methyl sites for hydroxylation is 1. The summed E-state index contributed by atoms with van der Waals surface area (Å²) in [6.07, 6.45) is 3.07. The molecule has 2 aliphatic rings. The zero-order valence-corrected chi connectivity index (χ0v) is 17.1. The lowest BCUT2D eigenvalue weighted by Gasteiger charge is -2.38. The standard InChI is InChI=1S/C22H24F2N6O2/c1-3-30-10-15(23)12-7-14(18(31)8-13(12)22(30)32)21-25-9-19(27-28-21)29(2)17-6-11-4-5-16(26-11)20(17)24/h7-11,16-17,20,26,31H,3-6H2,1-2H3/t11?,16?,17-,20+/m0/s1/i1D3,3D2. The van der Waals surface area contributed by atoms with Crippen LogP contribution in [-0.2, 0) is 6.50 Å². The van der Waals surface area contributed by atoms with Crippen LogP contribution in [-0.4, -0.2) is 56.2 Å².